The van der Waals surface area contributed by atoms with Crippen LogP contribution in [0.4, 0.5) is 5.69 Å². The molecule has 6 rings (SSSR count). The van der Waals surface area contributed by atoms with E-state index in [1.54, 1.807) is 0 Å². The number of phenols is 1. The van der Waals surface area contributed by atoms with Gasteiger partial charge in [0.05, 0.1) is 16.1 Å². The number of aromatic nitrogens is 1. The third-order valence-electron chi connectivity index (χ3n) is 9.72. The molecular formula is C38H57N5O3S. The number of hydrogen-bond donors (Lipinski definition) is 1. The van der Waals surface area contributed by atoms with Gasteiger partial charge in [-0.3, -0.25) is 9.88 Å². The van der Waals surface area contributed by atoms with E-state index in [1.807, 2.05) is 39.0 Å². The fourth-order valence-corrected chi connectivity index (χ4v) is 8.24. The van der Waals surface area contributed by atoms with Gasteiger partial charge >= 0.3 is 0 Å². The molecule has 47 heavy (non-hydrogen) atoms. The Morgan fingerprint density at radius 3 is 1.94 bits per heavy atom. The summed E-state index contributed by atoms with van der Waals surface area (Å²) in [5.41, 5.74) is 2.64. The van der Waals surface area contributed by atoms with Crippen molar-refractivity contribution >= 4 is 26.4 Å². The van der Waals surface area contributed by atoms with Gasteiger partial charge in [0.1, 0.15) is 10.6 Å². The van der Waals surface area contributed by atoms with Crippen molar-refractivity contribution in [3.8, 4) is 5.75 Å². The number of piperidine rings is 2. The summed E-state index contributed by atoms with van der Waals surface area (Å²) in [6, 6.07) is 13.1. The maximum atomic E-state index is 13.9. The minimum absolute atomic E-state index is 0.0427. The van der Waals surface area contributed by atoms with Gasteiger partial charge in [-0.25, -0.2) is 8.42 Å². The van der Waals surface area contributed by atoms with Crippen molar-refractivity contribution < 1.29 is 13.5 Å². The number of sulfone groups is 1. The Labute approximate surface area is 284 Å². The molecule has 9 heteroatoms. The summed E-state index contributed by atoms with van der Waals surface area (Å²) in [4.78, 5) is 15.0. The molecule has 8 nitrogen and oxygen atoms in total. The fraction of sp³-hybridized carbons (Fsp3) is 0.553. The maximum absolute atomic E-state index is 13.9. The average Bonchev–Trinajstić information content (AvgIpc) is 3.09. The molecule has 258 valence electrons. The molecule has 0 unspecified atom stereocenters. The van der Waals surface area contributed by atoms with Crippen molar-refractivity contribution in [3.63, 3.8) is 0 Å². The molecule has 3 fully saturated rings. The molecule has 0 spiro atoms. The van der Waals surface area contributed by atoms with E-state index in [-0.39, 0.29) is 15.5 Å². The lowest BCUT2D eigenvalue weighted by molar-refractivity contribution is 0.0495. The number of piperazine rings is 1. The summed E-state index contributed by atoms with van der Waals surface area (Å²) in [5.74, 6) is 0.691. The van der Waals surface area contributed by atoms with Crippen LogP contribution in [0.3, 0.4) is 0 Å². The van der Waals surface area contributed by atoms with Gasteiger partial charge in [-0.15, -0.1) is 6.58 Å². The van der Waals surface area contributed by atoms with Gasteiger partial charge in [-0.05, 0) is 95.1 Å². The lowest BCUT2D eigenvalue weighted by Crippen LogP contribution is -2.54. The van der Waals surface area contributed by atoms with Crippen LogP contribution in [0.5, 0.6) is 5.75 Å². The van der Waals surface area contributed by atoms with Gasteiger partial charge in [0.15, 0.2) is 0 Å². The number of benzene rings is 2. The van der Waals surface area contributed by atoms with Gasteiger partial charge in [-0.2, -0.15) is 0 Å². The highest BCUT2D eigenvalue weighted by Crippen LogP contribution is 2.38. The van der Waals surface area contributed by atoms with Gasteiger partial charge in [0.25, 0.3) is 0 Å². The number of aromatic hydroxyl groups is 1. The molecular weight excluding hydrogens is 607 g/mol. The number of phenolic OH excluding ortho intramolecular Hbond substituents is 1. The number of aryl methyl sites for hydroxylation is 1. The van der Waals surface area contributed by atoms with Crippen molar-refractivity contribution in [1.29, 1.82) is 0 Å². The van der Waals surface area contributed by atoms with E-state index in [9.17, 15) is 13.5 Å². The number of nitrogens with zero attached hydrogens (tertiary/aromatic N) is 5. The zero-order chi connectivity index (χ0) is 34.1. The molecule has 3 aliphatic heterocycles. The van der Waals surface area contributed by atoms with Crippen molar-refractivity contribution in [2.24, 2.45) is 5.92 Å². The largest absolute Gasteiger partial charge is 0.508 e. The highest BCUT2D eigenvalue weighted by molar-refractivity contribution is 7.91. The van der Waals surface area contributed by atoms with E-state index in [1.165, 1.54) is 69.5 Å². The van der Waals surface area contributed by atoms with E-state index < -0.39 is 9.84 Å². The molecule has 3 saturated heterocycles. The Morgan fingerprint density at radius 2 is 1.38 bits per heavy atom. The minimum atomic E-state index is -3.83. The summed E-state index contributed by atoms with van der Waals surface area (Å²) < 4.78 is 27.7. The summed E-state index contributed by atoms with van der Waals surface area (Å²) in [6.45, 7) is 22.5. The smallest absolute Gasteiger partial charge is 0.210 e. The number of likely N-dealkylation sites (N-methyl/N-ethyl adjacent to an activating group) is 1. The molecule has 3 aromatic rings. The molecule has 0 atom stereocenters. The van der Waals surface area contributed by atoms with Crippen LogP contribution in [-0.4, -0.2) is 105 Å². The van der Waals surface area contributed by atoms with Crippen molar-refractivity contribution in [2.75, 3.05) is 64.3 Å². The zero-order valence-corrected chi connectivity index (χ0v) is 30.3. The van der Waals surface area contributed by atoms with Crippen LogP contribution >= 0.6 is 0 Å². The lowest BCUT2D eigenvalue weighted by Gasteiger charge is -2.46. The van der Waals surface area contributed by atoms with Gasteiger partial charge in [0.2, 0.25) is 9.84 Å². The second-order valence-electron chi connectivity index (χ2n) is 13.3. The predicted molar refractivity (Wildman–Crippen MR) is 195 cm³/mol. The highest BCUT2D eigenvalue weighted by Gasteiger charge is 2.33. The van der Waals surface area contributed by atoms with Crippen LogP contribution < -0.4 is 4.90 Å². The number of rotatable bonds is 6. The number of pyridine rings is 1. The first-order valence-corrected chi connectivity index (χ1v) is 19.0. The van der Waals surface area contributed by atoms with Crippen LogP contribution in [0.15, 0.2) is 71.1 Å². The normalized spacial score (nSPS) is 19.2. The predicted octanol–water partition coefficient (Wildman–Crippen LogP) is 6.62. The van der Waals surface area contributed by atoms with E-state index in [4.69, 9.17) is 0 Å². The Morgan fingerprint density at radius 1 is 0.851 bits per heavy atom. The Balaban J connectivity index is 0.000000655. The first-order valence-electron chi connectivity index (χ1n) is 17.5. The molecule has 2 aromatic carbocycles. The Hall–Kier alpha value is -2.98. The van der Waals surface area contributed by atoms with Crippen molar-refractivity contribution in [2.45, 2.75) is 82.2 Å². The molecule has 0 amide bonds. The van der Waals surface area contributed by atoms with Gasteiger partial charge < -0.3 is 19.8 Å². The summed E-state index contributed by atoms with van der Waals surface area (Å²) in [7, 11) is -1.61. The number of hydrogen-bond acceptors (Lipinski definition) is 8. The van der Waals surface area contributed by atoms with Crippen LogP contribution in [0.2, 0.25) is 0 Å². The summed E-state index contributed by atoms with van der Waals surface area (Å²) >= 11 is 0. The van der Waals surface area contributed by atoms with Crippen molar-refractivity contribution in [1.82, 2.24) is 19.7 Å². The number of anilines is 1. The molecule has 0 saturated carbocycles. The van der Waals surface area contributed by atoms with Crippen LogP contribution in [0.25, 0.3) is 10.9 Å². The molecule has 4 heterocycles. The quantitative estimate of drug-likeness (QED) is 0.295. The first kappa shape index (κ1) is 36.8. The second-order valence-corrected chi connectivity index (χ2v) is 15.2. The SMILES string of the molecule is C=CC(C)C.CC.Cc1ccc2ncc(S(=O)(=O)c3ccc(O)cc3)c(N3CCC(N4CCC(N5CCN(C)CC5)CC4)CC3)c2c1. The summed E-state index contributed by atoms with van der Waals surface area (Å²) in [5, 5.41) is 10.6. The lowest BCUT2D eigenvalue weighted by atomic mass is 9.96. The van der Waals surface area contributed by atoms with Crippen LogP contribution in [0, 0.1) is 12.8 Å². The minimum Gasteiger partial charge on any atom is -0.508 e. The van der Waals surface area contributed by atoms with Crippen LogP contribution in [0.1, 0.15) is 58.9 Å². The number of likely N-dealkylation sites (tertiary alicyclic amines) is 1. The molecule has 1 aromatic heterocycles. The van der Waals surface area contributed by atoms with Gasteiger partial charge in [-0.1, -0.05) is 45.4 Å². The molecule has 1 N–H and O–H groups in total. The number of fused-ring (bicyclic) bond motifs is 1. The Kier molecular flexibility index (Phi) is 13.3. The molecule has 0 aliphatic carbocycles. The van der Waals surface area contributed by atoms with E-state index >= 15 is 0 Å². The third kappa shape index (κ3) is 9.13. The summed E-state index contributed by atoms with van der Waals surface area (Å²) in [6.07, 6.45) is 7.96. The molecule has 3 aliphatic rings. The van der Waals surface area contributed by atoms with Crippen LogP contribution in [-0.2, 0) is 9.84 Å². The highest BCUT2D eigenvalue weighted by atomic mass is 32.2. The number of allylic oxidation sites excluding steroid dienone is 1. The molecule has 0 radical (unpaired) electrons. The Bertz CT molecular complexity index is 1540. The van der Waals surface area contributed by atoms with E-state index in [2.05, 4.69) is 58.1 Å². The monoisotopic (exact) mass is 663 g/mol. The standard InChI is InChI=1S/C31H41N5O3S.C5H10.C2H6/c1-23-3-8-29-28(21-23)31(30(22-32-29)40(38,39)27-6-4-26(37)5-7-27)36-15-11-24(12-16-36)34-13-9-25(10-14-34)35-19-17-33(2)18-20-35;1-4-5(2)3;1-2/h3-8,21-22,24-25,37H,9-20H2,1-2H3;4-5H,1H2,2-3H3;1-2H3. The fourth-order valence-electron chi connectivity index (χ4n) is 6.81. The molecule has 0 bridgehead atoms. The van der Waals surface area contributed by atoms with Gasteiger partial charge in [0, 0.05) is 62.9 Å². The van der Waals surface area contributed by atoms with Crippen molar-refractivity contribution in [3.05, 3.63) is 66.9 Å². The third-order valence-corrected chi connectivity index (χ3v) is 11.5. The first-order chi connectivity index (χ1) is 22.6. The second kappa shape index (κ2) is 16.9. The maximum Gasteiger partial charge on any atom is 0.210 e. The zero-order valence-electron chi connectivity index (χ0n) is 29.5. The van der Waals surface area contributed by atoms with E-state index in [0.717, 1.165) is 61.2 Å². The average molecular weight is 664 g/mol. The topological polar surface area (TPSA) is 80.2 Å². The van der Waals surface area contributed by atoms with E-state index in [0.29, 0.717) is 18.0 Å².